The third kappa shape index (κ3) is 6.70. The Morgan fingerprint density at radius 2 is 1.13 bits per heavy atom. The third-order valence-electron chi connectivity index (χ3n) is 3.66. The van der Waals surface area contributed by atoms with E-state index >= 15 is 0 Å². The van der Waals surface area contributed by atoms with Gasteiger partial charge in [-0.25, -0.2) is 18.4 Å². The molecule has 0 saturated carbocycles. The van der Waals surface area contributed by atoms with Crippen molar-refractivity contribution in [2.24, 2.45) is 5.10 Å². The fraction of sp³-hybridized carbons (Fsp3) is 0.273. The summed E-state index contributed by atoms with van der Waals surface area (Å²) in [5.41, 5.74) is -0.206. The highest BCUT2D eigenvalue weighted by Crippen LogP contribution is 2.14. The van der Waals surface area contributed by atoms with Crippen LogP contribution < -0.4 is 0 Å². The molecule has 0 aliphatic heterocycles. The lowest BCUT2D eigenvalue weighted by Gasteiger charge is -2.19. The van der Waals surface area contributed by atoms with Crippen LogP contribution >= 0.6 is 0 Å². The van der Waals surface area contributed by atoms with Gasteiger partial charge in [-0.05, 0) is 76.2 Å². The standard InChI is InChI=1S/C22H22F2N2O5/c1-13(2)30-21(28)26(22(29)31-14(3)4)25-19(15-5-9-17(23)10-6-15)20(27)16-7-11-18(24)12-8-16/h5-14H,1-4H3/b25-19-. The molecule has 0 bridgehead atoms. The SMILES string of the molecule is CC(C)OC(=O)N(/N=C(\C(=O)c1ccc(F)cc1)c1ccc(F)cc1)C(=O)OC(C)C. The van der Waals surface area contributed by atoms with Gasteiger partial charge in [0.15, 0.2) is 0 Å². The predicted molar refractivity (Wildman–Crippen MR) is 109 cm³/mol. The second kappa shape index (κ2) is 10.4. The summed E-state index contributed by atoms with van der Waals surface area (Å²) in [6.45, 7) is 6.27. The van der Waals surface area contributed by atoms with E-state index in [-0.39, 0.29) is 16.8 Å². The van der Waals surface area contributed by atoms with E-state index in [2.05, 4.69) is 5.10 Å². The minimum atomic E-state index is -1.16. The van der Waals surface area contributed by atoms with Crippen molar-refractivity contribution in [3.05, 3.63) is 71.3 Å². The Labute approximate surface area is 178 Å². The van der Waals surface area contributed by atoms with Crippen molar-refractivity contribution in [2.75, 3.05) is 0 Å². The smallest absolute Gasteiger partial charge is 0.440 e. The zero-order valence-corrected chi connectivity index (χ0v) is 17.5. The topological polar surface area (TPSA) is 85.3 Å². The largest absolute Gasteiger partial charge is 0.445 e. The summed E-state index contributed by atoms with van der Waals surface area (Å²) in [5.74, 6) is -1.85. The van der Waals surface area contributed by atoms with Gasteiger partial charge in [-0.15, -0.1) is 0 Å². The summed E-state index contributed by atoms with van der Waals surface area (Å²) >= 11 is 0. The Hall–Kier alpha value is -3.62. The van der Waals surface area contributed by atoms with Gasteiger partial charge in [0.2, 0.25) is 5.78 Å². The maximum absolute atomic E-state index is 13.4. The molecule has 0 unspecified atom stereocenters. The van der Waals surface area contributed by atoms with Gasteiger partial charge >= 0.3 is 12.2 Å². The molecule has 0 aliphatic rings. The summed E-state index contributed by atoms with van der Waals surface area (Å²) < 4.78 is 36.7. The molecule has 2 rings (SSSR count). The molecule has 164 valence electrons. The van der Waals surface area contributed by atoms with Crippen LogP contribution in [0, 0.1) is 11.6 Å². The van der Waals surface area contributed by atoms with E-state index in [9.17, 15) is 23.2 Å². The zero-order valence-electron chi connectivity index (χ0n) is 17.5. The zero-order chi connectivity index (χ0) is 23.1. The molecule has 31 heavy (non-hydrogen) atoms. The van der Waals surface area contributed by atoms with Gasteiger partial charge in [0.05, 0.1) is 12.2 Å². The molecule has 0 saturated heterocycles. The summed E-state index contributed by atoms with van der Waals surface area (Å²) in [6.07, 6.45) is -3.49. The first kappa shape index (κ1) is 23.7. The molecule has 7 nitrogen and oxygen atoms in total. The number of hydrogen-bond acceptors (Lipinski definition) is 6. The predicted octanol–water partition coefficient (Wildman–Crippen LogP) is 4.94. The monoisotopic (exact) mass is 432 g/mol. The molecule has 0 N–H and O–H groups in total. The van der Waals surface area contributed by atoms with E-state index < -0.39 is 41.8 Å². The number of ketones is 1. The number of halogens is 2. The van der Waals surface area contributed by atoms with Gasteiger partial charge in [0.25, 0.3) is 0 Å². The van der Waals surface area contributed by atoms with Crippen LogP contribution in [-0.4, -0.2) is 40.9 Å². The number of nitrogens with zero attached hydrogens (tertiary/aromatic N) is 2. The average Bonchev–Trinajstić information content (AvgIpc) is 2.68. The number of benzene rings is 2. The first-order valence-electron chi connectivity index (χ1n) is 9.44. The first-order chi connectivity index (χ1) is 14.6. The normalized spacial score (nSPS) is 11.4. The molecule has 0 fully saturated rings. The minimum absolute atomic E-state index is 0.0406. The molecule has 0 aliphatic carbocycles. The molecule has 2 aromatic carbocycles. The molecule has 2 aromatic rings. The second-order valence-corrected chi connectivity index (χ2v) is 6.97. The van der Waals surface area contributed by atoms with Gasteiger partial charge in [0.1, 0.15) is 17.3 Å². The van der Waals surface area contributed by atoms with Gasteiger partial charge in [-0.1, -0.05) is 5.01 Å². The lowest BCUT2D eigenvalue weighted by atomic mass is 10.0. The number of Topliss-reactive ketones (excluding diaryl/α,β-unsaturated/α-hetero) is 1. The van der Waals surface area contributed by atoms with E-state index in [1.807, 2.05) is 0 Å². The number of carbonyl (C=O) groups excluding carboxylic acids is 3. The number of hydrazone groups is 1. The molecule has 0 spiro atoms. The van der Waals surface area contributed by atoms with Crippen molar-refractivity contribution in [2.45, 2.75) is 39.9 Å². The van der Waals surface area contributed by atoms with E-state index in [0.717, 1.165) is 24.3 Å². The van der Waals surface area contributed by atoms with Gasteiger partial charge < -0.3 is 9.47 Å². The Morgan fingerprint density at radius 3 is 1.52 bits per heavy atom. The highest BCUT2D eigenvalue weighted by Gasteiger charge is 2.29. The van der Waals surface area contributed by atoms with Crippen molar-refractivity contribution in [3.63, 3.8) is 0 Å². The Kier molecular flexibility index (Phi) is 7.95. The quantitative estimate of drug-likeness (QED) is 0.367. The minimum Gasteiger partial charge on any atom is -0.445 e. The van der Waals surface area contributed by atoms with Crippen LogP contribution in [0.1, 0.15) is 43.6 Å². The van der Waals surface area contributed by atoms with Crippen molar-refractivity contribution in [1.82, 2.24) is 5.01 Å². The van der Waals surface area contributed by atoms with Crippen molar-refractivity contribution in [1.29, 1.82) is 0 Å². The number of imide groups is 1. The van der Waals surface area contributed by atoms with Gasteiger partial charge in [0, 0.05) is 11.1 Å². The summed E-state index contributed by atoms with van der Waals surface area (Å²) in [5, 5.41) is 4.21. The number of carbonyl (C=O) groups is 3. The first-order valence-corrected chi connectivity index (χ1v) is 9.44. The molecular weight excluding hydrogens is 410 g/mol. The molecule has 0 heterocycles. The molecule has 0 aromatic heterocycles. The summed E-state index contributed by atoms with van der Waals surface area (Å²) in [6, 6.07) is 9.29. The second-order valence-electron chi connectivity index (χ2n) is 6.97. The van der Waals surface area contributed by atoms with Crippen LogP contribution in [0.25, 0.3) is 0 Å². The molecular formula is C22H22F2N2O5. The van der Waals surface area contributed by atoms with Crippen LogP contribution in [0.5, 0.6) is 0 Å². The maximum atomic E-state index is 13.4. The van der Waals surface area contributed by atoms with Crippen LogP contribution in [-0.2, 0) is 9.47 Å². The van der Waals surface area contributed by atoms with Crippen LogP contribution in [0.3, 0.4) is 0 Å². The van der Waals surface area contributed by atoms with Gasteiger partial charge in [-0.2, -0.15) is 5.10 Å². The Balaban J connectivity index is 2.59. The number of rotatable bonds is 6. The Morgan fingerprint density at radius 1 is 0.742 bits per heavy atom. The summed E-state index contributed by atoms with van der Waals surface area (Å²) in [7, 11) is 0. The lowest BCUT2D eigenvalue weighted by Crippen LogP contribution is -2.38. The summed E-state index contributed by atoms with van der Waals surface area (Å²) in [4.78, 5) is 38.0. The number of hydrogen-bond donors (Lipinski definition) is 0. The van der Waals surface area contributed by atoms with Crippen LogP contribution in [0.4, 0.5) is 18.4 Å². The van der Waals surface area contributed by atoms with E-state index in [1.54, 1.807) is 27.7 Å². The van der Waals surface area contributed by atoms with Crippen LogP contribution in [0.2, 0.25) is 0 Å². The number of amides is 2. The van der Waals surface area contributed by atoms with Crippen molar-refractivity contribution in [3.8, 4) is 0 Å². The fourth-order valence-corrected chi connectivity index (χ4v) is 2.34. The maximum Gasteiger partial charge on any atom is 0.440 e. The lowest BCUT2D eigenvalue weighted by molar-refractivity contribution is 0.0517. The fourth-order valence-electron chi connectivity index (χ4n) is 2.34. The number of ether oxygens (including phenoxy) is 2. The van der Waals surface area contributed by atoms with Gasteiger partial charge in [-0.3, -0.25) is 4.79 Å². The highest BCUT2D eigenvalue weighted by molar-refractivity contribution is 6.51. The van der Waals surface area contributed by atoms with E-state index in [1.165, 1.54) is 24.3 Å². The Bertz CT molecular complexity index is 948. The average molecular weight is 432 g/mol. The van der Waals surface area contributed by atoms with Crippen LogP contribution in [0.15, 0.2) is 53.6 Å². The van der Waals surface area contributed by atoms with E-state index in [4.69, 9.17) is 9.47 Å². The van der Waals surface area contributed by atoms with Crippen molar-refractivity contribution >= 4 is 23.7 Å². The molecule has 0 radical (unpaired) electrons. The third-order valence-corrected chi connectivity index (χ3v) is 3.66. The van der Waals surface area contributed by atoms with E-state index in [0.29, 0.717) is 5.01 Å². The highest BCUT2D eigenvalue weighted by atomic mass is 19.1. The molecule has 2 amide bonds. The van der Waals surface area contributed by atoms with Crippen molar-refractivity contribution < 1.29 is 32.6 Å². The molecule has 0 atom stereocenters. The molecule has 9 heteroatoms.